The molecule has 6 rings (SSSR count). The molecule has 0 aliphatic carbocycles. The Bertz CT molecular complexity index is 1330. The summed E-state index contributed by atoms with van der Waals surface area (Å²) in [6.45, 7) is 55.6. The predicted octanol–water partition coefficient (Wildman–Crippen LogP) is 17.3. The molecule has 0 aromatic heterocycles. The van der Waals surface area contributed by atoms with E-state index in [2.05, 4.69) is 218 Å². The van der Waals surface area contributed by atoms with E-state index in [1.807, 2.05) is 0 Å². The summed E-state index contributed by atoms with van der Waals surface area (Å²) in [5, 5.41) is 11.2. The first-order valence-electron chi connectivity index (χ1n) is 29.9. The number of likely N-dealkylation sites (tertiary alicyclic amines) is 3. The average Bonchev–Trinajstić information content (AvgIpc) is 3.65. The topological polar surface area (TPSA) is 45.8 Å². The normalized spacial score (nSPS) is 28.2. The second-order valence-corrected chi connectivity index (χ2v) is 29.1. The van der Waals surface area contributed by atoms with Crippen LogP contribution in [0.1, 0.15) is 320 Å². The Kier molecular flexibility index (Phi) is 25.2. The number of hydrogen-bond donors (Lipinski definition) is 3. The second-order valence-electron chi connectivity index (χ2n) is 29.1. The van der Waals surface area contributed by atoms with Crippen molar-refractivity contribution in [2.24, 2.45) is 0 Å². The third-order valence-corrected chi connectivity index (χ3v) is 20.8. The van der Waals surface area contributed by atoms with Crippen molar-refractivity contribution in [3.63, 3.8) is 0 Å². The molecule has 3 N–H and O–H groups in total. The van der Waals surface area contributed by atoms with Gasteiger partial charge in [-0.25, -0.2) is 0 Å². The molecule has 6 aliphatic rings. The maximum atomic E-state index is 3.98. The number of piperidine rings is 4. The highest BCUT2D eigenvalue weighted by atomic mass is 15.3. The van der Waals surface area contributed by atoms with Gasteiger partial charge in [-0.15, -0.1) is 0 Å². The minimum atomic E-state index is 0.363. The highest BCUT2D eigenvalue weighted by Crippen LogP contribution is 2.45. The molecule has 0 atom stereocenters. The Balaban J connectivity index is 0.000000418. The third kappa shape index (κ3) is 19.1. The van der Waals surface area contributed by atoms with Gasteiger partial charge in [0.05, 0.1) is 0 Å². The van der Waals surface area contributed by atoms with E-state index in [9.17, 15) is 0 Å². The van der Waals surface area contributed by atoms with Gasteiger partial charge in [-0.3, -0.25) is 14.7 Å². The Hall–Kier alpha value is -0.240. The van der Waals surface area contributed by atoms with Crippen LogP contribution in [0.4, 0.5) is 0 Å². The van der Waals surface area contributed by atoms with E-state index in [1.54, 1.807) is 0 Å². The molecule has 0 radical (unpaired) electrons. The van der Waals surface area contributed by atoms with Crippen molar-refractivity contribution in [3.8, 4) is 0 Å². The first-order valence-corrected chi connectivity index (χ1v) is 29.9. The summed E-state index contributed by atoms with van der Waals surface area (Å²) in [7, 11) is 6.85. The summed E-state index contributed by atoms with van der Waals surface area (Å²) in [4.78, 5) is 7.74. The molecule has 0 unspecified atom stereocenters. The van der Waals surface area contributed by atoms with Crippen LogP contribution in [0.3, 0.4) is 0 Å². The largest absolute Gasteiger partial charge is 0.307 e. The lowest BCUT2D eigenvalue weighted by Crippen LogP contribution is -2.60. The van der Waals surface area contributed by atoms with E-state index in [4.69, 9.17) is 0 Å². The van der Waals surface area contributed by atoms with Crippen LogP contribution in [0.15, 0.2) is 0 Å². The van der Waals surface area contributed by atoms with E-state index < -0.39 is 0 Å². The van der Waals surface area contributed by atoms with Gasteiger partial charge in [0.2, 0.25) is 0 Å². The zero-order valence-corrected chi connectivity index (χ0v) is 52.8. The van der Waals surface area contributed by atoms with Crippen LogP contribution >= 0.6 is 0 Å². The SMILES string of the molecule is CC1(C)CCC(C)(C)N1.CC1(C)CCCC(C)(C)N1.CCC1(CC)CCCC(CC)(CC)N1.CCC1(CC)CCCC(CC)(CC)N1C.CN1C(C)(C)CCC1(C)C.CN1C(C)(C)CCCC1(C)C. The summed E-state index contributed by atoms with van der Waals surface area (Å²) in [6, 6.07) is 0. The molecule has 6 heteroatoms. The van der Waals surface area contributed by atoms with E-state index in [-0.39, 0.29) is 0 Å². The van der Waals surface area contributed by atoms with E-state index in [0.29, 0.717) is 66.5 Å². The molecule has 0 aromatic rings. The monoisotopic (exact) mass is 973 g/mol. The van der Waals surface area contributed by atoms with Gasteiger partial charge in [0.1, 0.15) is 0 Å². The summed E-state index contributed by atoms with van der Waals surface area (Å²) in [6.07, 6.45) is 32.1. The number of hydrogen-bond acceptors (Lipinski definition) is 6. The van der Waals surface area contributed by atoms with Gasteiger partial charge in [0.25, 0.3) is 0 Å². The maximum absolute atomic E-state index is 3.98. The van der Waals surface area contributed by atoms with Crippen LogP contribution in [0.25, 0.3) is 0 Å². The molecule has 0 aromatic carbocycles. The Labute approximate surface area is 436 Å². The number of nitrogens with one attached hydrogen (secondary N) is 3. The molecule has 6 saturated heterocycles. The lowest BCUT2D eigenvalue weighted by atomic mass is 9.72. The van der Waals surface area contributed by atoms with Crippen LogP contribution in [0.5, 0.6) is 0 Å². The van der Waals surface area contributed by atoms with Crippen molar-refractivity contribution in [1.29, 1.82) is 0 Å². The standard InChI is InChI=1S/C14H29N.C13H27N.C10H21N.2C9H19N.C8H17N/c1-6-13(7-2)11-10-12-14(8-3,9-4)15(13)5;1-5-12(6-2)10-9-11-13(7-3,8-4)14-12;1-9(2)7-6-8-10(3,4)11(9)5;1-8(2)6-7-9(3,4)10(8)5;1-8(2)6-5-7-9(3,4)10-8;1-7(2)5-6-8(3,4)9-7/h6-12H2,1-5H3;14H,5-11H2,1-4H3;6-8H2,1-5H3;6-7H2,1-5H3;10H,5-7H2,1-4H3;9H,5-6H2,1-4H3. The molecular weight excluding hydrogens is 841 g/mol. The molecule has 0 amide bonds. The van der Waals surface area contributed by atoms with Gasteiger partial charge in [0.15, 0.2) is 0 Å². The Morgan fingerprint density at radius 3 is 0.710 bits per heavy atom. The van der Waals surface area contributed by atoms with Crippen molar-refractivity contribution in [2.75, 3.05) is 21.1 Å². The van der Waals surface area contributed by atoms with Crippen LogP contribution in [0.2, 0.25) is 0 Å². The molecular formula is C63H132N6. The fourth-order valence-electron chi connectivity index (χ4n) is 14.3. The first kappa shape index (κ1) is 66.8. The van der Waals surface area contributed by atoms with Crippen LogP contribution in [-0.4, -0.2) is 102 Å². The van der Waals surface area contributed by atoms with E-state index in [0.717, 1.165) is 0 Å². The smallest absolute Gasteiger partial charge is 0.0206 e. The van der Waals surface area contributed by atoms with Crippen molar-refractivity contribution in [2.45, 2.75) is 387 Å². The van der Waals surface area contributed by atoms with Gasteiger partial charge in [-0.05, 0) is 286 Å². The van der Waals surface area contributed by atoms with Gasteiger partial charge in [-0.1, -0.05) is 55.4 Å². The van der Waals surface area contributed by atoms with Gasteiger partial charge >= 0.3 is 0 Å². The van der Waals surface area contributed by atoms with Crippen molar-refractivity contribution in [1.82, 2.24) is 30.7 Å². The lowest BCUT2D eigenvalue weighted by molar-refractivity contribution is -0.0536. The predicted molar refractivity (Wildman–Crippen MR) is 312 cm³/mol. The molecule has 6 fully saturated rings. The summed E-state index contributed by atoms with van der Waals surface area (Å²) in [5.74, 6) is 0. The summed E-state index contributed by atoms with van der Waals surface area (Å²) in [5.41, 5.74) is 5.01. The molecule has 0 spiro atoms. The fraction of sp³-hybridized carbons (Fsp3) is 1.00. The zero-order valence-electron chi connectivity index (χ0n) is 52.8. The fourth-order valence-corrected chi connectivity index (χ4v) is 14.3. The number of nitrogens with zero attached hydrogens (tertiary/aromatic N) is 3. The third-order valence-electron chi connectivity index (χ3n) is 20.8. The Morgan fingerprint density at radius 2 is 0.507 bits per heavy atom. The van der Waals surface area contributed by atoms with E-state index >= 15 is 0 Å². The molecule has 6 heterocycles. The Morgan fingerprint density at radius 1 is 0.261 bits per heavy atom. The van der Waals surface area contributed by atoms with Gasteiger partial charge < -0.3 is 16.0 Å². The minimum Gasteiger partial charge on any atom is -0.307 e. The first-order chi connectivity index (χ1) is 31.3. The summed E-state index contributed by atoms with van der Waals surface area (Å²) >= 11 is 0. The van der Waals surface area contributed by atoms with Crippen molar-refractivity contribution >= 4 is 0 Å². The van der Waals surface area contributed by atoms with E-state index in [1.165, 1.54) is 154 Å². The average molecular weight is 974 g/mol. The highest BCUT2D eigenvalue weighted by molar-refractivity contribution is 5.03. The van der Waals surface area contributed by atoms with Gasteiger partial charge in [0, 0.05) is 66.5 Å². The van der Waals surface area contributed by atoms with Crippen molar-refractivity contribution < 1.29 is 0 Å². The quantitative estimate of drug-likeness (QED) is 0.225. The minimum absolute atomic E-state index is 0.363. The van der Waals surface area contributed by atoms with Crippen molar-refractivity contribution in [3.05, 3.63) is 0 Å². The zero-order chi connectivity index (χ0) is 53.8. The summed E-state index contributed by atoms with van der Waals surface area (Å²) < 4.78 is 0. The molecule has 0 saturated carbocycles. The molecule has 69 heavy (non-hydrogen) atoms. The van der Waals surface area contributed by atoms with Gasteiger partial charge in [-0.2, -0.15) is 0 Å². The lowest BCUT2D eigenvalue weighted by Gasteiger charge is -2.56. The molecule has 6 aliphatic heterocycles. The molecule has 414 valence electrons. The number of rotatable bonds is 8. The highest BCUT2D eigenvalue weighted by Gasteiger charge is 2.46. The maximum Gasteiger partial charge on any atom is 0.0206 e. The second kappa shape index (κ2) is 26.0. The molecule has 0 bridgehead atoms. The van der Waals surface area contributed by atoms with Crippen LogP contribution < -0.4 is 16.0 Å². The van der Waals surface area contributed by atoms with Crippen LogP contribution in [0, 0.1) is 0 Å². The molecule has 6 nitrogen and oxygen atoms in total. The van der Waals surface area contributed by atoms with Crippen LogP contribution in [-0.2, 0) is 0 Å².